The maximum atomic E-state index is 5.87. The number of thioether (sulfide) groups is 1. The Morgan fingerprint density at radius 1 is 1.64 bits per heavy atom. The van der Waals surface area contributed by atoms with Crippen LogP contribution in [0.1, 0.15) is 24.3 Å². The Labute approximate surface area is 98.2 Å². The minimum absolute atomic E-state index is 0.226. The van der Waals surface area contributed by atoms with E-state index in [4.69, 9.17) is 17.4 Å². The fourth-order valence-electron chi connectivity index (χ4n) is 1.07. The molecule has 2 nitrogen and oxygen atoms in total. The molecule has 0 aliphatic heterocycles. The van der Waals surface area contributed by atoms with Crippen molar-refractivity contribution < 1.29 is 0 Å². The number of hydrazine groups is 1. The maximum absolute atomic E-state index is 5.87. The predicted molar refractivity (Wildman–Crippen MR) is 67.0 cm³/mol. The topological polar surface area (TPSA) is 38.0 Å². The third kappa shape index (κ3) is 3.79. The molecule has 0 amide bonds. The summed E-state index contributed by atoms with van der Waals surface area (Å²) < 4.78 is 0.820. The van der Waals surface area contributed by atoms with Crippen molar-refractivity contribution in [3.05, 3.63) is 21.3 Å². The Morgan fingerprint density at radius 3 is 2.93 bits per heavy atom. The van der Waals surface area contributed by atoms with Crippen molar-refractivity contribution >= 4 is 34.7 Å². The van der Waals surface area contributed by atoms with E-state index in [1.807, 2.05) is 23.9 Å². The second-order valence-corrected chi connectivity index (χ2v) is 5.83. The highest BCUT2D eigenvalue weighted by atomic mass is 35.5. The molecular weight excluding hydrogens is 236 g/mol. The van der Waals surface area contributed by atoms with Crippen molar-refractivity contribution in [1.82, 2.24) is 5.43 Å². The molecule has 0 fully saturated rings. The van der Waals surface area contributed by atoms with Gasteiger partial charge in [-0.2, -0.15) is 11.8 Å². The number of rotatable bonds is 6. The molecular formula is C9H15ClN2S2. The molecule has 80 valence electrons. The Kier molecular flexibility index (Phi) is 5.89. The van der Waals surface area contributed by atoms with E-state index in [0.717, 1.165) is 10.1 Å². The molecule has 0 aliphatic rings. The van der Waals surface area contributed by atoms with E-state index in [9.17, 15) is 0 Å². The zero-order chi connectivity index (χ0) is 10.4. The van der Waals surface area contributed by atoms with Crippen molar-refractivity contribution in [2.24, 2.45) is 5.84 Å². The summed E-state index contributed by atoms with van der Waals surface area (Å²) in [7, 11) is 0. The molecule has 1 heterocycles. The van der Waals surface area contributed by atoms with Crippen molar-refractivity contribution in [2.75, 3.05) is 11.5 Å². The van der Waals surface area contributed by atoms with Gasteiger partial charge in [0.15, 0.2) is 0 Å². The lowest BCUT2D eigenvalue weighted by Gasteiger charge is -2.12. The Hall–Kier alpha value is 0.260. The summed E-state index contributed by atoms with van der Waals surface area (Å²) in [6, 6.07) is 4.17. The SMILES string of the molecule is CCCSCC(NN)c1ccc(Cl)s1. The first-order valence-corrected chi connectivity index (χ1v) is 6.92. The number of hydrogen-bond acceptors (Lipinski definition) is 4. The number of nitrogens with two attached hydrogens (primary N) is 1. The number of hydrogen-bond donors (Lipinski definition) is 2. The molecule has 0 bridgehead atoms. The van der Waals surface area contributed by atoms with E-state index >= 15 is 0 Å². The van der Waals surface area contributed by atoms with Gasteiger partial charge in [0.1, 0.15) is 0 Å². The van der Waals surface area contributed by atoms with Crippen LogP contribution in [0.3, 0.4) is 0 Å². The van der Waals surface area contributed by atoms with E-state index in [1.54, 1.807) is 11.3 Å². The van der Waals surface area contributed by atoms with Crippen LogP contribution in [0.15, 0.2) is 12.1 Å². The van der Waals surface area contributed by atoms with E-state index in [1.165, 1.54) is 17.1 Å². The second-order valence-electron chi connectivity index (χ2n) is 2.94. The average molecular weight is 251 g/mol. The summed E-state index contributed by atoms with van der Waals surface area (Å²) in [5.74, 6) is 7.68. The van der Waals surface area contributed by atoms with Gasteiger partial charge in [0.05, 0.1) is 10.4 Å². The standard InChI is InChI=1S/C9H15ClN2S2/c1-2-5-13-6-7(12-11)8-3-4-9(10)14-8/h3-4,7,12H,2,5-6,11H2,1H3. The molecule has 0 aromatic carbocycles. The lowest BCUT2D eigenvalue weighted by Crippen LogP contribution is -2.29. The summed E-state index contributed by atoms with van der Waals surface area (Å²) in [6.45, 7) is 2.18. The first kappa shape index (κ1) is 12.3. The minimum atomic E-state index is 0.226. The lowest BCUT2D eigenvalue weighted by atomic mass is 10.3. The summed E-state index contributed by atoms with van der Waals surface area (Å²) in [5, 5.41) is 0. The van der Waals surface area contributed by atoms with E-state index in [-0.39, 0.29) is 6.04 Å². The van der Waals surface area contributed by atoms with Crippen LogP contribution in [-0.2, 0) is 0 Å². The molecule has 14 heavy (non-hydrogen) atoms. The fraction of sp³-hybridized carbons (Fsp3) is 0.556. The highest BCUT2D eigenvalue weighted by Gasteiger charge is 2.11. The molecule has 1 atom stereocenters. The Balaban J connectivity index is 2.45. The summed E-state index contributed by atoms with van der Waals surface area (Å²) in [6.07, 6.45) is 1.20. The molecule has 3 N–H and O–H groups in total. The van der Waals surface area contributed by atoms with Gasteiger partial charge in [-0.15, -0.1) is 11.3 Å². The van der Waals surface area contributed by atoms with Gasteiger partial charge >= 0.3 is 0 Å². The van der Waals surface area contributed by atoms with Gasteiger partial charge in [0, 0.05) is 10.6 Å². The first-order chi connectivity index (χ1) is 6.77. The fourth-order valence-corrected chi connectivity index (χ4v) is 3.27. The van der Waals surface area contributed by atoms with E-state index in [0.29, 0.717) is 0 Å². The van der Waals surface area contributed by atoms with Crippen LogP contribution in [-0.4, -0.2) is 11.5 Å². The van der Waals surface area contributed by atoms with Crippen molar-refractivity contribution in [3.63, 3.8) is 0 Å². The van der Waals surface area contributed by atoms with Crippen LogP contribution in [0, 0.1) is 0 Å². The number of halogens is 1. The van der Waals surface area contributed by atoms with Crippen molar-refractivity contribution in [1.29, 1.82) is 0 Å². The highest BCUT2D eigenvalue weighted by molar-refractivity contribution is 7.99. The zero-order valence-electron chi connectivity index (χ0n) is 8.13. The molecule has 0 radical (unpaired) electrons. The largest absolute Gasteiger partial charge is 0.271 e. The minimum Gasteiger partial charge on any atom is -0.271 e. The monoisotopic (exact) mass is 250 g/mol. The highest BCUT2D eigenvalue weighted by Crippen LogP contribution is 2.28. The second kappa shape index (κ2) is 6.69. The van der Waals surface area contributed by atoms with E-state index < -0.39 is 0 Å². The van der Waals surface area contributed by atoms with Crippen LogP contribution < -0.4 is 11.3 Å². The molecule has 0 saturated carbocycles. The Morgan fingerprint density at radius 2 is 2.43 bits per heavy atom. The van der Waals surface area contributed by atoms with Crippen LogP contribution in [0.5, 0.6) is 0 Å². The number of thiophene rings is 1. The third-order valence-corrected chi connectivity index (χ3v) is 4.38. The van der Waals surface area contributed by atoms with Crippen LogP contribution in [0.4, 0.5) is 0 Å². The summed E-state index contributed by atoms with van der Waals surface area (Å²) in [5.41, 5.74) is 2.82. The average Bonchev–Trinajstić information content (AvgIpc) is 2.60. The molecule has 0 spiro atoms. The summed E-state index contributed by atoms with van der Waals surface area (Å²) in [4.78, 5) is 1.21. The maximum Gasteiger partial charge on any atom is 0.0931 e. The Bertz CT molecular complexity index is 265. The predicted octanol–water partition coefficient (Wildman–Crippen LogP) is 3.05. The third-order valence-electron chi connectivity index (χ3n) is 1.77. The normalized spacial score (nSPS) is 13.1. The molecule has 5 heteroatoms. The van der Waals surface area contributed by atoms with Gasteiger partial charge < -0.3 is 0 Å². The van der Waals surface area contributed by atoms with Crippen LogP contribution in [0.2, 0.25) is 4.34 Å². The molecule has 0 saturated heterocycles. The van der Waals surface area contributed by atoms with Gasteiger partial charge in [-0.25, -0.2) is 0 Å². The molecule has 1 aromatic heterocycles. The molecule has 1 unspecified atom stereocenters. The van der Waals surface area contributed by atoms with Gasteiger partial charge in [-0.1, -0.05) is 18.5 Å². The van der Waals surface area contributed by atoms with Gasteiger partial charge in [-0.3, -0.25) is 11.3 Å². The quantitative estimate of drug-likeness (QED) is 0.463. The smallest absolute Gasteiger partial charge is 0.0931 e. The van der Waals surface area contributed by atoms with Crippen molar-refractivity contribution in [2.45, 2.75) is 19.4 Å². The van der Waals surface area contributed by atoms with Crippen LogP contribution in [0.25, 0.3) is 0 Å². The lowest BCUT2D eigenvalue weighted by molar-refractivity contribution is 0.620. The molecule has 1 rings (SSSR count). The van der Waals surface area contributed by atoms with Gasteiger partial charge in [0.25, 0.3) is 0 Å². The van der Waals surface area contributed by atoms with Crippen molar-refractivity contribution in [3.8, 4) is 0 Å². The number of nitrogens with one attached hydrogen (secondary N) is 1. The molecule has 1 aromatic rings. The molecule has 0 aliphatic carbocycles. The van der Waals surface area contributed by atoms with Gasteiger partial charge in [0.2, 0.25) is 0 Å². The first-order valence-electron chi connectivity index (χ1n) is 4.57. The zero-order valence-corrected chi connectivity index (χ0v) is 10.5. The van der Waals surface area contributed by atoms with Gasteiger partial charge in [-0.05, 0) is 24.3 Å². The van der Waals surface area contributed by atoms with E-state index in [2.05, 4.69) is 12.3 Å². The van der Waals surface area contributed by atoms with Crippen LogP contribution >= 0.6 is 34.7 Å². The summed E-state index contributed by atoms with van der Waals surface area (Å²) >= 11 is 9.37.